The van der Waals surface area contributed by atoms with Crippen molar-refractivity contribution in [3.63, 3.8) is 0 Å². The van der Waals surface area contributed by atoms with Crippen LogP contribution in [0.2, 0.25) is 5.02 Å². The van der Waals surface area contributed by atoms with Gasteiger partial charge in [-0.25, -0.2) is 4.98 Å². The molecule has 0 saturated heterocycles. The van der Waals surface area contributed by atoms with E-state index >= 15 is 0 Å². The number of benzene rings is 1. The minimum absolute atomic E-state index is 0.668. The molecule has 1 aromatic carbocycles. The molecule has 2 rings (SSSR count). The Hall–Kier alpha value is -0.800. The second kappa shape index (κ2) is 4.37. The van der Waals surface area contributed by atoms with E-state index in [-0.39, 0.29) is 0 Å². The van der Waals surface area contributed by atoms with E-state index in [1.54, 1.807) is 0 Å². The molecular weight excluding hydrogens is 277 g/mol. The van der Waals surface area contributed by atoms with Crippen molar-refractivity contribution in [1.82, 2.24) is 4.98 Å². The predicted octanol–water partition coefficient (Wildman–Crippen LogP) is 4.32. The molecule has 2 nitrogen and oxygen atoms in total. The largest absolute Gasteiger partial charge is 0.433 e. The summed E-state index contributed by atoms with van der Waals surface area (Å²) in [6.07, 6.45) is 0.784. The summed E-state index contributed by atoms with van der Waals surface area (Å²) in [4.78, 5) is 4.37. The van der Waals surface area contributed by atoms with Crippen molar-refractivity contribution >= 4 is 27.5 Å². The SMILES string of the molecule is CCc1nc(-c2ccc(Cl)cc2)c(Br)o1. The standard InChI is InChI=1S/C11H9BrClNO/c1-2-9-14-10(11(12)15-9)7-3-5-8(13)6-4-7/h3-6H,2H2,1H3. The number of aryl methyl sites for hydroxylation is 1. The van der Waals surface area contributed by atoms with Gasteiger partial charge in [0.2, 0.25) is 0 Å². The highest BCUT2D eigenvalue weighted by Gasteiger charge is 2.11. The van der Waals surface area contributed by atoms with Crippen LogP contribution in [0.5, 0.6) is 0 Å². The molecule has 0 saturated carbocycles. The fourth-order valence-corrected chi connectivity index (χ4v) is 1.91. The Morgan fingerprint density at radius 2 is 2.00 bits per heavy atom. The van der Waals surface area contributed by atoms with E-state index in [9.17, 15) is 0 Å². The second-order valence-corrected chi connectivity index (χ2v) is 4.25. The fraction of sp³-hybridized carbons (Fsp3) is 0.182. The molecule has 0 unspecified atom stereocenters. The smallest absolute Gasteiger partial charge is 0.197 e. The van der Waals surface area contributed by atoms with Crippen molar-refractivity contribution in [3.8, 4) is 11.3 Å². The maximum Gasteiger partial charge on any atom is 0.197 e. The minimum atomic E-state index is 0.668. The number of hydrogen-bond acceptors (Lipinski definition) is 2. The molecule has 0 bridgehead atoms. The lowest BCUT2D eigenvalue weighted by atomic mass is 10.2. The third kappa shape index (κ3) is 2.24. The third-order valence-corrected chi connectivity index (χ3v) is 2.84. The third-order valence-electron chi connectivity index (χ3n) is 2.05. The molecule has 15 heavy (non-hydrogen) atoms. The van der Waals surface area contributed by atoms with Crippen molar-refractivity contribution in [2.45, 2.75) is 13.3 Å². The first-order chi connectivity index (χ1) is 7.20. The molecule has 2 aromatic rings. The minimum Gasteiger partial charge on any atom is -0.433 e. The van der Waals surface area contributed by atoms with Crippen molar-refractivity contribution in [2.75, 3.05) is 0 Å². The van der Waals surface area contributed by atoms with E-state index in [1.165, 1.54) is 0 Å². The van der Waals surface area contributed by atoms with E-state index in [1.807, 2.05) is 31.2 Å². The van der Waals surface area contributed by atoms with Gasteiger partial charge in [-0.15, -0.1) is 0 Å². The van der Waals surface area contributed by atoms with Crippen LogP contribution >= 0.6 is 27.5 Å². The van der Waals surface area contributed by atoms with Gasteiger partial charge in [-0.3, -0.25) is 0 Å². The molecule has 0 aliphatic rings. The first-order valence-electron chi connectivity index (χ1n) is 4.62. The Kier molecular flexibility index (Phi) is 3.12. The molecule has 0 aliphatic heterocycles. The summed E-state index contributed by atoms with van der Waals surface area (Å²) in [5.41, 5.74) is 1.82. The summed E-state index contributed by atoms with van der Waals surface area (Å²) in [5, 5.41) is 0.717. The van der Waals surface area contributed by atoms with E-state index < -0.39 is 0 Å². The van der Waals surface area contributed by atoms with Crippen LogP contribution in [0.25, 0.3) is 11.3 Å². The molecule has 0 atom stereocenters. The van der Waals surface area contributed by atoms with E-state index in [2.05, 4.69) is 20.9 Å². The molecule has 4 heteroatoms. The van der Waals surface area contributed by atoms with Crippen LogP contribution in [-0.2, 0) is 6.42 Å². The Morgan fingerprint density at radius 1 is 1.33 bits per heavy atom. The van der Waals surface area contributed by atoms with Gasteiger partial charge in [0.25, 0.3) is 0 Å². The first kappa shape index (κ1) is 10.7. The normalized spacial score (nSPS) is 10.6. The zero-order valence-corrected chi connectivity index (χ0v) is 10.5. The van der Waals surface area contributed by atoms with Crippen LogP contribution in [0.4, 0.5) is 0 Å². The summed E-state index contributed by atoms with van der Waals surface area (Å²) >= 11 is 9.17. The van der Waals surface area contributed by atoms with Gasteiger partial charge in [0, 0.05) is 17.0 Å². The van der Waals surface area contributed by atoms with Crippen LogP contribution in [0.15, 0.2) is 33.4 Å². The van der Waals surface area contributed by atoms with Crippen LogP contribution in [0, 0.1) is 0 Å². The number of nitrogens with zero attached hydrogens (tertiary/aromatic N) is 1. The summed E-state index contributed by atoms with van der Waals surface area (Å²) in [5.74, 6) is 0.729. The van der Waals surface area contributed by atoms with Crippen molar-refractivity contribution in [3.05, 3.63) is 39.8 Å². The molecule has 1 aromatic heterocycles. The summed E-state index contributed by atoms with van der Waals surface area (Å²) in [7, 11) is 0. The lowest BCUT2D eigenvalue weighted by molar-refractivity contribution is 0.482. The van der Waals surface area contributed by atoms with Crippen LogP contribution < -0.4 is 0 Å². The summed E-state index contributed by atoms with van der Waals surface area (Å²) < 4.78 is 6.09. The zero-order valence-electron chi connectivity index (χ0n) is 8.13. The highest BCUT2D eigenvalue weighted by Crippen LogP contribution is 2.29. The van der Waals surface area contributed by atoms with Gasteiger partial charge in [0.15, 0.2) is 10.6 Å². The average Bonchev–Trinajstić information content (AvgIpc) is 2.61. The average molecular weight is 287 g/mol. The maximum atomic E-state index is 5.82. The molecule has 0 radical (unpaired) electrons. The molecule has 0 N–H and O–H groups in total. The first-order valence-corrected chi connectivity index (χ1v) is 5.79. The molecule has 0 aliphatic carbocycles. The highest BCUT2D eigenvalue weighted by atomic mass is 79.9. The van der Waals surface area contributed by atoms with Gasteiger partial charge in [-0.2, -0.15) is 0 Å². The van der Waals surface area contributed by atoms with Gasteiger partial charge >= 0.3 is 0 Å². The van der Waals surface area contributed by atoms with Gasteiger partial charge in [0.1, 0.15) is 5.69 Å². The quantitative estimate of drug-likeness (QED) is 0.822. The van der Waals surface area contributed by atoms with Crippen molar-refractivity contribution in [1.29, 1.82) is 0 Å². The number of oxazole rings is 1. The lowest BCUT2D eigenvalue weighted by Gasteiger charge is -1.96. The van der Waals surface area contributed by atoms with Crippen molar-refractivity contribution in [2.24, 2.45) is 0 Å². The molecule has 0 amide bonds. The Morgan fingerprint density at radius 3 is 2.53 bits per heavy atom. The summed E-state index contributed by atoms with van der Waals surface area (Å²) in [6.45, 7) is 2.00. The molecular formula is C11H9BrClNO. The summed E-state index contributed by atoms with van der Waals surface area (Å²) in [6, 6.07) is 7.52. The Balaban J connectivity index is 2.44. The molecule has 78 valence electrons. The second-order valence-electron chi connectivity index (χ2n) is 3.09. The van der Waals surface area contributed by atoms with Gasteiger partial charge in [0.05, 0.1) is 0 Å². The van der Waals surface area contributed by atoms with Crippen molar-refractivity contribution < 1.29 is 4.42 Å². The lowest BCUT2D eigenvalue weighted by Crippen LogP contribution is -1.80. The maximum absolute atomic E-state index is 5.82. The van der Waals surface area contributed by atoms with Gasteiger partial charge < -0.3 is 4.42 Å². The van der Waals surface area contributed by atoms with Crippen LogP contribution in [0.3, 0.4) is 0 Å². The molecule has 0 spiro atoms. The molecule has 1 heterocycles. The highest BCUT2D eigenvalue weighted by molar-refractivity contribution is 9.10. The monoisotopic (exact) mass is 285 g/mol. The van der Waals surface area contributed by atoms with Crippen LogP contribution in [0.1, 0.15) is 12.8 Å². The fourth-order valence-electron chi connectivity index (χ4n) is 1.28. The zero-order chi connectivity index (χ0) is 10.8. The topological polar surface area (TPSA) is 26.0 Å². The van der Waals surface area contributed by atoms with E-state index in [0.717, 1.165) is 23.6 Å². The number of rotatable bonds is 2. The number of halogens is 2. The van der Waals surface area contributed by atoms with Gasteiger partial charge in [-0.1, -0.05) is 30.7 Å². The predicted molar refractivity (Wildman–Crippen MR) is 64.0 cm³/mol. The number of aromatic nitrogens is 1. The van der Waals surface area contributed by atoms with E-state index in [4.69, 9.17) is 16.0 Å². The Bertz CT molecular complexity index is 464. The Labute approximate surface area is 101 Å². The van der Waals surface area contributed by atoms with Gasteiger partial charge in [-0.05, 0) is 28.1 Å². The molecule has 0 fully saturated rings. The van der Waals surface area contributed by atoms with E-state index in [0.29, 0.717) is 9.69 Å². The van der Waals surface area contributed by atoms with Crippen LogP contribution in [-0.4, -0.2) is 4.98 Å². The number of hydrogen-bond donors (Lipinski definition) is 0.